The van der Waals surface area contributed by atoms with Gasteiger partial charge in [-0.1, -0.05) is 34.8 Å². The monoisotopic (exact) mass is 320 g/mol. The number of rotatable bonds is 3. The summed E-state index contributed by atoms with van der Waals surface area (Å²) in [5, 5.41) is 17.9. The van der Waals surface area contributed by atoms with E-state index in [4.69, 9.17) is 57.1 Å². The third-order valence-corrected chi connectivity index (χ3v) is 3.07. The first-order valence-electron chi connectivity index (χ1n) is 4.36. The number of halogens is 4. The van der Waals surface area contributed by atoms with Gasteiger partial charge in [0.15, 0.2) is 0 Å². The molecule has 92 valence electrons. The van der Waals surface area contributed by atoms with Gasteiger partial charge in [0.1, 0.15) is 17.7 Å². The fourth-order valence-corrected chi connectivity index (χ4v) is 1.80. The molecule has 1 aromatic rings. The van der Waals surface area contributed by atoms with Gasteiger partial charge in [0, 0.05) is 18.0 Å². The highest BCUT2D eigenvalue weighted by molar-refractivity contribution is 6.44. The van der Waals surface area contributed by atoms with Crippen molar-refractivity contribution in [2.75, 3.05) is 4.53 Å². The van der Waals surface area contributed by atoms with Crippen molar-refractivity contribution in [2.45, 2.75) is 0 Å². The second-order valence-electron chi connectivity index (χ2n) is 2.91. The number of hydrogen-bond acceptors (Lipinski definition) is 4. The molecule has 0 radical (unpaired) electrons. The Morgan fingerprint density at radius 1 is 1.11 bits per heavy atom. The molecule has 1 aromatic carbocycles. The molecule has 0 fully saturated rings. The second kappa shape index (κ2) is 6.58. The fraction of sp³-hybridized carbons (Fsp3) is 0. The Morgan fingerprint density at radius 2 is 1.67 bits per heavy atom. The highest BCUT2D eigenvalue weighted by Crippen LogP contribution is 2.34. The summed E-state index contributed by atoms with van der Waals surface area (Å²) in [5.41, 5.74) is 2.68. The van der Waals surface area contributed by atoms with Gasteiger partial charge in [-0.3, -0.25) is 5.43 Å². The molecule has 0 bridgehead atoms. The van der Waals surface area contributed by atoms with E-state index in [0.29, 0.717) is 10.7 Å². The minimum absolute atomic E-state index is 0.142. The predicted molar refractivity (Wildman–Crippen MR) is 72.2 cm³/mol. The van der Waals surface area contributed by atoms with Crippen LogP contribution in [0.4, 0.5) is 5.69 Å². The minimum Gasteiger partial charge on any atom is -0.289 e. The summed E-state index contributed by atoms with van der Waals surface area (Å²) in [7, 11) is 0. The van der Waals surface area contributed by atoms with Crippen LogP contribution in [0, 0.1) is 22.7 Å². The lowest BCUT2D eigenvalue weighted by Gasteiger charge is -2.17. The van der Waals surface area contributed by atoms with Crippen LogP contribution in [0.25, 0.3) is 0 Å². The van der Waals surface area contributed by atoms with E-state index in [9.17, 15) is 0 Å². The van der Waals surface area contributed by atoms with Crippen LogP contribution in [0.3, 0.4) is 0 Å². The van der Waals surface area contributed by atoms with Crippen LogP contribution in [0.1, 0.15) is 0 Å². The van der Waals surface area contributed by atoms with E-state index in [-0.39, 0.29) is 15.6 Å². The molecule has 0 aliphatic carbocycles. The second-order valence-corrected chi connectivity index (χ2v) is 4.47. The highest BCUT2D eigenvalue weighted by Gasteiger charge is 2.11. The molecule has 0 amide bonds. The molecule has 18 heavy (non-hydrogen) atoms. The van der Waals surface area contributed by atoms with Crippen LogP contribution in [0.5, 0.6) is 0 Å². The molecule has 0 heterocycles. The summed E-state index contributed by atoms with van der Waals surface area (Å²) in [6.45, 7) is 0. The minimum atomic E-state index is -0.142. The first-order chi connectivity index (χ1) is 8.49. The van der Waals surface area contributed by atoms with Crippen LogP contribution >= 0.6 is 46.6 Å². The highest BCUT2D eigenvalue weighted by atomic mass is 35.5. The van der Waals surface area contributed by atoms with E-state index in [2.05, 4.69) is 5.43 Å². The molecule has 1 rings (SSSR count). The first kappa shape index (κ1) is 14.8. The van der Waals surface area contributed by atoms with Crippen LogP contribution in [-0.2, 0) is 0 Å². The number of nitrogens with one attached hydrogen (secondary N) is 1. The van der Waals surface area contributed by atoms with Gasteiger partial charge >= 0.3 is 0 Å². The van der Waals surface area contributed by atoms with Crippen molar-refractivity contribution < 1.29 is 0 Å². The van der Waals surface area contributed by atoms with Crippen LogP contribution < -0.4 is 9.95 Å². The summed E-state index contributed by atoms with van der Waals surface area (Å²) in [6.07, 6.45) is 1.13. The first-order valence-corrected chi connectivity index (χ1v) is 5.83. The normalized spacial score (nSPS) is 9.00. The molecule has 0 saturated carbocycles. The quantitative estimate of drug-likeness (QED) is 0.395. The number of nitriles is 2. The Balaban J connectivity index is 2.96. The number of hydrazine groups is 1. The summed E-state index contributed by atoms with van der Waals surface area (Å²) in [4.78, 5) is 0. The molecular formula is C10H4Cl4N4. The Labute approximate surface area is 124 Å². The average molecular weight is 322 g/mol. The largest absolute Gasteiger partial charge is 0.289 e. The predicted octanol–water partition coefficient (Wildman–Crippen LogP) is 4.04. The summed E-state index contributed by atoms with van der Waals surface area (Å²) in [5.74, 6) is 0. The smallest absolute Gasteiger partial charge is 0.147 e. The Morgan fingerprint density at radius 3 is 2.22 bits per heavy atom. The molecule has 8 heteroatoms. The summed E-state index contributed by atoms with van der Waals surface area (Å²) in [6, 6.07) is 6.20. The molecular weight excluding hydrogens is 318 g/mol. The Kier molecular flexibility index (Phi) is 5.40. The van der Waals surface area contributed by atoms with Gasteiger partial charge in [0.2, 0.25) is 0 Å². The maximum Gasteiger partial charge on any atom is 0.147 e. The molecule has 0 spiro atoms. The third kappa shape index (κ3) is 3.60. The molecule has 1 N–H and O–H groups in total. The molecule has 0 atom stereocenters. The zero-order valence-corrected chi connectivity index (χ0v) is 11.6. The van der Waals surface area contributed by atoms with Gasteiger partial charge in [0.25, 0.3) is 0 Å². The van der Waals surface area contributed by atoms with Gasteiger partial charge < -0.3 is 0 Å². The van der Waals surface area contributed by atoms with Crippen LogP contribution in [-0.4, -0.2) is 0 Å². The molecule has 4 nitrogen and oxygen atoms in total. The van der Waals surface area contributed by atoms with Crippen molar-refractivity contribution in [3.8, 4) is 12.1 Å². The zero-order chi connectivity index (χ0) is 13.7. The van der Waals surface area contributed by atoms with Crippen molar-refractivity contribution in [1.29, 1.82) is 10.5 Å². The van der Waals surface area contributed by atoms with E-state index in [0.717, 1.165) is 10.7 Å². The Bertz CT molecular complexity index is 554. The molecule has 0 unspecified atom stereocenters. The van der Waals surface area contributed by atoms with E-state index in [1.165, 1.54) is 12.1 Å². The maximum absolute atomic E-state index is 8.54. The van der Waals surface area contributed by atoms with Crippen molar-refractivity contribution in [2.24, 2.45) is 0 Å². The lowest BCUT2D eigenvalue weighted by atomic mass is 10.3. The number of anilines is 1. The number of benzene rings is 1. The summed E-state index contributed by atoms with van der Waals surface area (Å²) >= 11 is 23.4. The number of allylic oxidation sites excluding steroid dienone is 1. The Hall–Kier alpha value is -1.30. The third-order valence-electron chi connectivity index (χ3n) is 1.76. The van der Waals surface area contributed by atoms with E-state index in [1.54, 1.807) is 12.1 Å². The van der Waals surface area contributed by atoms with E-state index in [1.807, 2.05) is 0 Å². The van der Waals surface area contributed by atoms with Crippen molar-refractivity contribution in [1.82, 2.24) is 5.43 Å². The van der Waals surface area contributed by atoms with Crippen molar-refractivity contribution in [3.63, 3.8) is 0 Å². The average Bonchev–Trinajstić information content (AvgIpc) is 2.34. The van der Waals surface area contributed by atoms with Crippen molar-refractivity contribution in [3.05, 3.63) is 39.0 Å². The van der Waals surface area contributed by atoms with Crippen molar-refractivity contribution >= 4 is 52.3 Å². The fourth-order valence-electron chi connectivity index (χ4n) is 0.943. The summed E-state index contributed by atoms with van der Waals surface area (Å²) < 4.78 is 0.985. The molecule has 0 aliphatic rings. The molecule has 0 aliphatic heterocycles. The number of hydrogen-bond donors (Lipinski definition) is 1. The molecule has 0 aromatic heterocycles. The van der Waals surface area contributed by atoms with Gasteiger partial charge in [-0.2, -0.15) is 15.1 Å². The van der Waals surface area contributed by atoms with Crippen LogP contribution in [0.2, 0.25) is 15.1 Å². The van der Waals surface area contributed by atoms with Crippen LogP contribution in [0.15, 0.2) is 23.9 Å². The van der Waals surface area contributed by atoms with E-state index < -0.39 is 0 Å². The van der Waals surface area contributed by atoms with Gasteiger partial charge in [0.05, 0.1) is 20.8 Å². The SMILES string of the molecule is N#CC(C#N)=CNN(Cl)c1cc(Cl)c(Cl)cc1Cl. The maximum atomic E-state index is 8.54. The lowest BCUT2D eigenvalue weighted by Crippen LogP contribution is -2.24. The van der Waals surface area contributed by atoms with Gasteiger partial charge in [-0.25, -0.2) is 0 Å². The van der Waals surface area contributed by atoms with Gasteiger partial charge in [-0.15, -0.1) is 0 Å². The lowest BCUT2D eigenvalue weighted by molar-refractivity contribution is 0.946. The van der Waals surface area contributed by atoms with E-state index >= 15 is 0 Å². The zero-order valence-electron chi connectivity index (χ0n) is 8.59. The van der Waals surface area contributed by atoms with Gasteiger partial charge in [-0.05, 0) is 12.1 Å². The topological polar surface area (TPSA) is 62.9 Å². The molecule has 0 saturated heterocycles. The standard InChI is InChI=1S/C10H4Cl4N4/c11-7-1-9(13)10(2-8(7)12)18(14)17-5-6(3-15)4-16/h1-2,5,17H. The number of nitrogens with zero attached hydrogens (tertiary/aromatic N) is 3.